The predicted octanol–water partition coefficient (Wildman–Crippen LogP) is 1.93. The topological polar surface area (TPSA) is 63.1 Å². The molecule has 0 aromatic carbocycles. The lowest BCUT2D eigenvalue weighted by molar-refractivity contribution is -0.137. The maximum atomic E-state index is 10.2. The summed E-state index contributed by atoms with van der Waals surface area (Å²) in [4.78, 5) is 10.2. The molecule has 1 N–H and O–H groups in total. The number of rotatable bonds is 5. The van der Waals surface area contributed by atoms with Crippen molar-refractivity contribution in [3.63, 3.8) is 0 Å². The van der Waals surface area contributed by atoms with E-state index in [9.17, 15) is 4.79 Å². The average Bonchev–Trinajstić information content (AvgIpc) is 2.15. The Morgan fingerprint density at radius 1 is 1.36 bits per heavy atom. The molecule has 0 saturated heterocycles. The number of carbonyl (C=O) groups is 1. The molecule has 0 atom stereocenters. The molecular weight excluding hydrogens is 204 g/mol. The van der Waals surface area contributed by atoms with Crippen LogP contribution in [0.15, 0.2) is 12.1 Å². The van der Waals surface area contributed by atoms with Crippen molar-refractivity contribution in [3.8, 4) is 0 Å². The van der Waals surface area contributed by atoms with Crippen molar-refractivity contribution in [3.05, 3.63) is 23.0 Å². The van der Waals surface area contributed by atoms with Crippen molar-refractivity contribution in [1.82, 2.24) is 10.2 Å². The van der Waals surface area contributed by atoms with Gasteiger partial charge in [0.2, 0.25) is 0 Å². The summed E-state index contributed by atoms with van der Waals surface area (Å²) in [7, 11) is 0. The van der Waals surface area contributed by atoms with Crippen LogP contribution in [0.25, 0.3) is 0 Å². The zero-order valence-corrected chi connectivity index (χ0v) is 8.37. The molecule has 1 aromatic rings. The molecular formula is C9H11ClN2O2. The molecule has 0 bridgehead atoms. The molecule has 0 aliphatic heterocycles. The highest BCUT2D eigenvalue weighted by molar-refractivity contribution is 6.29. The van der Waals surface area contributed by atoms with Crippen LogP contribution >= 0.6 is 11.6 Å². The van der Waals surface area contributed by atoms with E-state index in [1.807, 2.05) is 0 Å². The number of nitrogens with zero attached hydrogens (tertiary/aromatic N) is 2. The fraction of sp³-hybridized carbons (Fsp3) is 0.444. The molecule has 0 radical (unpaired) electrons. The molecule has 0 fully saturated rings. The lowest BCUT2D eigenvalue weighted by atomic mass is 10.1. The molecule has 14 heavy (non-hydrogen) atoms. The van der Waals surface area contributed by atoms with E-state index in [1.54, 1.807) is 12.1 Å². The van der Waals surface area contributed by atoms with Crippen LogP contribution in [-0.4, -0.2) is 21.3 Å². The Balaban J connectivity index is 2.25. The Morgan fingerprint density at radius 3 is 2.71 bits per heavy atom. The van der Waals surface area contributed by atoms with Gasteiger partial charge in [-0.25, -0.2) is 0 Å². The van der Waals surface area contributed by atoms with Gasteiger partial charge in [0.25, 0.3) is 0 Å². The molecule has 0 aliphatic rings. The summed E-state index contributed by atoms with van der Waals surface area (Å²) < 4.78 is 0. The van der Waals surface area contributed by atoms with Crippen molar-refractivity contribution in [2.24, 2.45) is 0 Å². The monoisotopic (exact) mass is 214 g/mol. The molecule has 0 amide bonds. The minimum Gasteiger partial charge on any atom is -0.481 e. The van der Waals surface area contributed by atoms with Gasteiger partial charge in [-0.15, -0.1) is 5.10 Å². The van der Waals surface area contributed by atoms with Gasteiger partial charge in [-0.05, 0) is 31.4 Å². The molecule has 1 aromatic heterocycles. The molecule has 0 unspecified atom stereocenters. The van der Waals surface area contributed by atoms with Crippen LogP contribution in [0.4, 0.5) is 0 Å². The molecule has 4 nitrogen and oxygen atoms in total. The lowest BCUT2D eigenvalue weighted by Gasteiger charge is -1.98. The second-order valence-electron chi connectivity index (χ2n) is 2.95. The number of carboxylic acid groups (broad SMARTS) is 1. The van der Waals surface area contributed by atoms with Crippen molar-refractivity contribution in [2.75, 3.05) is 0 Å². The van der Waals surface area contributed by atoms with E-state index in [1.165, 1.54) is 0 Å². The van der Waals surface area contributed by atoms with Crippen molar-refractivity contribution < 1.29 is 9.90 Å². The van der Waals surface area contributed by atoms with Crippen LogP contribution in [0.5, 0.6) is 0 Å². The third-order valence-corrected chi connectivity index (χ3v) is 1.96. The van der Waals surface area contributed by atoms with E-state index in [4.69, 9.17) is 16.7 Å². The normalized spacial score (nSPS) is 10.1. The molecule has 76 valence electrons. The molecule has 0 saturated carbocycles. The van der Waals surface area contributed by atoms with E-state index in [0.29, 0.717) is 11.6 Å². The third kappa shape index (κ3) is 4.18. The number of carboxylic acids is 1. The fourth-order valence-electron chi connectivity index (χ4n) is 1.06. The first kappa shape index (κ1) is 10.9. The van der Waals surface area contributed by atoms with E-state index >= 15 is 0 Å². The first-order chi connectivity index (χ1) is 6.68. The SMILES string of the molecule is O=C(O)CCCCc1ccc(Cl)nn1. The lowest BCUT2D eigenvalue weighted by Crippen LogP contribution is -1.96. The fourth-order valence-corrected chi connectivity index (χ4v) is 1.16. The minimum absolute atomic E-state index is 0.209. The number of unbranched alkanes of at least 4 members (excludes halogenated alkanes) is 1. The summed E-state index contributed by atoms with van der Waals surface area (Å²) in [5.41, 5.74) is 0.847. The minimum atomic E-state index is -0.757. The summed E-state index contributed by atoms with van der Waals surface area (Å²) in [6, 6.07) is 3.48. The van der Waals surface area contributed by atoms with E-state index in [-0.39, 0.29) is 6.42 Å². The Hall–Kier alpha value is -1.16. The van der Waals surface area contributed by atoms with Gasteiger partial charge in [0.05, 0.1) is 5.69 Å². The standard InChI is InChI=1S/C9H11ClN2O2/c10-8-6-5-7(11-12-8)3-1-2-4-9(13)14/h5-6H,1-4H2,(H,13,14). The second-order valence-corrected chi connectivity index (χ2v) is 3.34. The molecule has 5 heteroatoms. The number of hydrogen-bond donors (Lipinski definition) is 1. The number of hydrogen-bond acceptors (Lipinski definition) is 3. The summed E-state index contributed by atoms with van der Waals surface area (Å²) in [5, 5.41) is 16.3. The highest BCUT2D eigenvalue weighted by atomic mass is 35.5. The Kier molecular flexibility index (Phi) is 4.32. The molecule has 0 spiro atoms. The van der Waals surface area contributed by atoms with Gasteiger partial charge in [-0.3, -0.25) is 4.79 Å². The van der Waals surface area contributed by atoms with Gasteiger partial charge < -0.3 is 5.11 Å². The van der Waals surface area contributed by atoms with Crippen molar-refractivity contribution >= 4 is 17.6 Å². The van der Waals surface area contributed by atoms with Gasteiger partial charge in [0, 0.05) is 6.42 Å². The predicted molar refractivity (Wildman–Crippen MR) is 52.2 cm³/mol. The second kappa shape index (κ2) is 5.54. The van der Waals surface area contributed by atoms with E-state index < -0.39 is 5.97 Å². The van der Waals surface area contributed by atoms with Gasteiger partial charge in [-0.1, -0.05) is 11.6 Å². The summed E-state index contributed by atoms with van der Waals surface area (Å²) in [6.45, 7) is 0. The zero-order chi connectivity index (χ0) is 10.4. The van der Waals surface area contributed by atoms with Crippen LogP contribution in [0, 0.1) is 0 Å². The van der Waals surface area contributed by atoms with Crippen LogP contribution in [0.3, 0.4) is 0 Å². The van der Waals surface area contributed by atoms with Crippen molar-refractivity contribution in [1.29, 1.82) is 0 Å². The highest BCUT2D eigenvalue weighted by Crippen LogP contribution is 2.06. The first-order valence-corrected chi connectivity index (χ1v) is 4.76. The number of aliphatic carboxylic acids is 1. The molecule has 1 rings (SSSR count). The van der Waals surface area contributed by atoms with Gasteiger partial charge in [0.15, 0.2) is 5.15 Å². The van der Waals surface area contributed by atoms with Crippen molar-refractivity contribution in [2.45, 2.75) is 25.7 Å². The number of aromatic nitrogens is 2. The third-order valence-electron chi connectivity index (χ3n) is 1.76. The maximum Gasteiger partial charge on any atom is 0.303 e. The smallest absolute Gasteiger partial charge is 0.303 e. The number of aryl methyl sites for hydroxylation is 1. The summed E-state index contributed by atoms with van der Waals surface area (Å²) in [5.74, 6) is -0.757. The van der Waals surface area contributed by atoms with Crippen LogP contribution in [-0.2, 0) is 11.2 Å². The molecule has 1 heterocycles. The van der Waals surface area contributed by atoms with Gasteiger partial charge in [0.1, 0.15) is 0 Å². The summed E-state index contributed by atoms with van der Waals surface area (Å²) in [6.07, 6.45) is 2.43. The average molecular weight is 215 g/mol. The van der Waals surface area contributed by atoms with Crippen LogP contribution in [0.2, 0.25) is 5.15 Å². The Bertz CT molecular complexity index is 300. The molecule has 0 aliphatic carbocycles. The number of halogens is 1. The van der Waals surface area contributed by atoms with Crippen LogP contribution in [0.1, 0.15) is 25.0 Å². The highest BCUT2D eigenvalue weighted by Gasteiger charge is 1.99. The largest absolute Gasteiger partial charge is 0.481 e. The van der Waals surface area contributed by atoms with Gasteiger partial charge >= 0.3 is 5.97 Å². The Labute approximate surface area is 86.9 Å². The first-order valence-electron chi connectivity index (χ1n) is 4.38. The Morgan fingerprint density at radius 2 is 2.14 bits per heavy atom. The quantitative estimate of drug-likeness (QED) is 0.761. The van der Waals surface area contributed by atoms with E-state index in [2.05, 4.69) is 10.2 Å². The van der Waals surface area contributed by atoms with Crippen LogP contribution < -0.4 is 0 Å². The van der Waals surface area contributed by atoms with Gasteiger partial charge in [-0.2, -0.15) is 5.10 Å². The summed E-state index contributed by atoms with van der Waals surface area (Å²) >= 11 is 5.56. The maximum absolute atomic E-state index is 10.2. The zero-order valence-electron chi connectivity index (χ0n) is 7.61. The van der Waals surface area contributed by atoms with E-state index in [0.717, 1.165) is 18.5 Å².